The van der Waals surface area contributed by atoms with Crippen LogP contribution in [0.25, 0.3) is 0 Å². The fourth-order valence-corrected chi connectivity index (χ4v) is 5.79. The van der Waals surface area contributed by atoms with Gasteiger partial charge in [0, 0.05) is 31.1 Å². The predicted octanol–water partition coefficient (Wildman–Crippen LogP) is 5.73. The van der Waals surface area contributed by atoms with Crippen molar-refractivity contribution in [3.63, 3.8) is 0 Å². The molecule has 33 heavy (non-hydrogen) atoms. The van der Waals surface area contributed by atoms with Gasteiger partial charge < -0.3 is 9.80 Å². The van der Waals surface area contributed by atoms with E-state index in [0.717, 1.165) is 43.9 Å². The quantitative estimate of drug-likeness (QED) is 0.508. The summed E-state index contributed by atoms with van der Waals surface area (Å²) in [7, 11) is 0. The average molecular weight is 439 g/mol. The van der Waals surface area contributed by atoms with E-state index in [1.807, 2.05) is 31.2 Å². The lowest BCUT2D eigenvalue weighted by atomic mass is 9.86. The monoisotopic (exact) mass is 438 g/mol. The maximum Gasteiger partial charge on any atom is 0.254 e. The molecule has 3 aromatic carbocycles. The van der Waals surface area contributed by atoms with Crippen molar-refractivity contribution >= 4 is 5.91 Å². The summed E-state index contributed by atoms with van der Waals surface area (Å²) in [6.45, 7) is 7.03. The molecule has 0 N–H and O–H groups in total. The molecule has 3 aromatic rings. The van der Waals surface area contributed by atoms with Crippen molar-refractivity contribution in [2.75, 3.05) is 32.7 Å². The summed E-state index contributed by atoms with van der Waals surface area (Å²) >= 11 is 0. The molecule has 0 spiro atoms. The van der Waals surface area contributed by atoms with Gasteiger partial charge in [-0.25, -0.2) is 0 Å². The Labute approximate surface area is 198 Å². The number of piperidine rings is 1. The van der Waals surface area contributed by atoms with Gasteiger partial charge in [-0.1, -0.05) is 78.9 Å². The molecule has 2 saturated heterocycles. The number of likely N-dealkylation sites (tertiary alicyclic amines) is 2. The second-order valence-corrected chi connectivity index (χ2v) is 9.79. The van der Waals surface area contributed by atoms with E-state index in [2.05, 4.69) is 70.5 Å². The molecule has 2 fully saturated rings. The van der Waals surface area contributed by atoms with Crippen LogP contribution in [0.4, 0.5) is 0 Å². The van der Waals surface area contributed by atoms with Gasteiger partial charge >= 0.3 is 0 Å². The molecule has 3 nitrogen and oxygen atoms in total. The summed E-state index contributed by atoms with van der Waals surface area (Å²) in [4.78, 5) is 18.1. The molecule has 0 bridgehead atoms. The molecule has 0 radical (unpaired) electrons. The molecule has 2 aliphatic heterocycles. The van der Waals surface area contributed by atoms with E-state index < -0.39 is 0 Å². The Morgan fingerprint density at radius 1 is 0.788 bits per heavy atom. The fourth-order valence-electron chi connectivity index (χ4n) is 5.79. The number of aryl methyl sites for hydroxylation is 1. The molecule has 0 saturated carbocycles. The highest BCUT2D eigenvalue weighted by molar-refractivity contribution is 5.95. The standard InChI is InChI=1S/C30H34N2O/c1-23-10-8-9-15-28(23)30(33)32-21-27(29(22-32)26-13-6-3-7-14-26)20-31-18-16-25(17-19-31)24-11-4-2-5-12-24/h2-15,25,27,29H,16-22H2,1H3. The molecular weight excluding hydrogens is 404 g/mol. The van der Waals surface area contributed by atoms with Crippen molar-refractivity contribution in [1.82, 2.24) is 9.80 Å². The van der Waals surface area contributed by atoms with Crippen molar-refractivity contribution in [3.8, 4) is 0 Å². The maximum absolute atomic E-state index is 13.4. The first kappa shape index (κ1) is 21.9. The van der Waals surface area contributed by atoms with Gasteiger partial charge in [0.2, 0.25) is 0 Å². The molecule has 2 atom stereocenters. The number of carbonyl (C=O) groups excluding carboxylic acids is 1. The zero-order valence-corrected chi connectivity index (χ0v) is 19.6. The first-order chi connectivity index (χ1) is 16.2. The highest BCUT2D eigenvalue weighted by Crippen LogP contribution is 2.36. The summed E-state index contributed by atoms with van der Waals surface area (Å²) in [6.07, 6.45) is 2.44. The van der Waals surface area contributed by atoms with Gasteiger partial charge in [0.25, 0.3) is 5.91 Å². The Hall–Kier alpha value is -2.91. The zero-order valence-electron chi connectivity index (χ0n) is 19.6. The minimum atomic E-state index is 0.180. The topological polar surface area (TPSA) is 23.6 Å². The van der Waals surface area contributed by atoms with E-state index >= 15 is 0 Å². The molecule has 1 amide bonds. The van der Waals surface area contributed by atoms with E-state index in [0.29, 0.717) is 17.8 Å². The highest BCUT2D eigenvalue weighted by atomic mass is 16.2. The fraction of sp³-hybridized carbons (Fsp3) is 0.367. The van der Waals surface area contributed by atoms with E-state index in [-0.39, 0.29) is 5.91 Å². The minimum absolute atomic E-state index is 0.180. The van der Waals surface area contributed by atoms with Crippen molar-refractivity contribution in [1.29, 1.82) is 0 Å². The highest BCUT2D eigenvalue weighted by Gasteiger charge is 2.38. The Bertz CT molecular complexity index is 1060. The summed E-state index contributed by atoms with van der Waals surface area (Å²) in [5.74, 6) is 1.72. The molecule has 170 valence electrons. The van der Waals surface area contributed by atoms with E-state index in [1.54, 1.807) is 0 Å². The number of benzene rings is 3. The second-order valence-electron chi connectivity index (χ2n) is 9.79. The van der Waals surface area contributed by atoms with E-state index in [1.165, 1.54) is 24.0 Å². The number of amides is 1. The number of rotatable bonds is 5. The SMILES string of the molecule is Cc1ccccc1C(=O)N1CC(CN2CCC(c3ccccc3)CC2)C(c2ccccc2)C1. The molecule has 0 aliphatic carbocycles. The number of hydrogen-bond donors (Lipinski definition) is 0. The third-order valence-electron chi connectivity index (χ3n) is 7.68. The summed E-state index contributed by atoms with van der Waals surface area (Å²) in [5.41, 5.74) is 4.75. The molecular formula is C30H34N2O. The van der Waals surface area contributed by atoms with Crippen molar-refractivity contribution < 1.29 is 4.79 Å². The molecule has 0 aromatic heterocycles. The Morgan fingerprint density at radius 3 is 2.06 bits per heavy atom. The van der Waals surface area contributed by atoms with Gasteiger partial charge in [-0.2, -0.15) is 0 Å². The smallest absolute Gasteiger partial charge is 0.254 e. The lowest BCUT2D eigenvalue weighted by Gasteiger charge is -2.34. The largest absolute Gasteiger partial charge is 0.338 e. The predicted molar refractivity (Wildman–Crippen MR) is 135 cm³/mol. The first-order valence-electron chi connectivity index (χ1n) is 12.4. The van der Waals surface area contributed by atoms with Gasteiger partial charge in [-0.3, -0.25) is 4.79 Å². The van der Waals surface area contributed by atoms with Crippen LogP contribution in [0, 0.1) is 12.8 Å². The lowest BCUT2D eigenvalue weighted by molar-refractivity contribution is 0.0780. The number of nitrogens with zero attached hydrogens (tertiary/aromatic N) is 2. The normalized spacial score (nSPS) is 21.9. The van der Waals surface area contributed by atoms with Crippen LogP contribution in [-0.4, -0.2) is 48.4 Å². The van der Waals surface area contributed by atoms with Crippen LogP contribution >= 0.6 is 0 Å². The van der Waals surface area contributed by atoms with E-state index in [4.69, 9.17) is 0 Å². The van der Waals surface area contributed by atoms with E-state index in [9.17, 15) is 4.79 Å². The van der Waals surface area contributed by atoms with Gasteiger partial charge in [-0.05, 0) is 67.4 Å². The van der Waals surface area contributed by atoms with Gasteiger partial charge in [-0.15, -0.1) is 0 Å². The Balaban J connectivity index is 1.29. The average Bonchev–Trinajstić information content (AvgIpc) is 3.29. The van der Waals surface area contributed by atoms with Crippen LogP contribution < -0.4 is 0 Å². The van der Waals surface area contributed by atoms with Crippen LogP contribution in [0.2, 0.25) is 0 Å². The van der Waals surface area contributed by atoms with Crippen molar-refractivity contribution in [3.05, 3.63) is 107 Å². The zero-order chi connectivity index (χ0) is 22.6. The third kappa shape index (κ3) is 4.89. The molecule has 2 heterocycles. The van der Waals surface area contributed by atoms with Crippen LogP contribution in [0.5, 0.6) is 0 Å². The van der Waals surface area contributed by atoms with Gasteiger partial charge in [0.15, 0.2) is 0 Å². The van der Waals surface area contributed by atoms with Crippen LogP contribution in [0.1, 0.15) is 51.7 Å². The summed E-state index contributed by atoms with van der Waals surface area (Å²) in [5, 5.41) is 0. The van der Waals surface area contributed by atoms with Crippen LogP contribution in [0.3, 0.4) is 0 Å². The van der Waals surface area contributed by atoms with Crippen molar-refractivity contribution in [2.45, 2.75) is 31.6 Å². The van der Waals surface area contributed by atoms with Gasteiger partial charge in [0.1, 0.15) is 0 Å². The number of carbonyl (C=O) groups is 1. The van der Waals surface area contributed by atoms with Crippen molar-refractivity contribution in [2.24, 2.45) is 5.92 Å². The molecule has 5 rings (SSSR count). The number of hydrogen-bond acceptors (Lipinski definition) is 2. The second kappa shape index (κ2) is 9.93. The van der Waals surface area contributed by atoms with Crippen LogP contribution in [0.15, 0.2) is 84.9 Å². The van der Waals surface area contributed by atoms with Gasteiger partial charge in [0.05, 0.1) is 0 Å². The molecule has 2 unspecified atom stereocenters. The lowest BCUT2D eigenvalue weighted by Crippen LogP contribution is -2.38. The minimum Gasteiger partial charge on any atom is -0.338 e. The Morgan fingerprint density at radius 2 is 1.39 bits per heavy atom. The summed E-state index contributed by atoms with van der Waals surface area (Å²) in [6, 6.07) is 29.8. The molecule has 3 heteroatoms. The maximum atomic E-state index is 13.4. The molecule has 2 aliphatic rings. The third-order valence-corrected chi connectivity index (χ3v) is 7.68. The van der Waals surface area contributed by atoms with Crippen LogP contribution in [-0.2, 0) is 0 Å². The summed E-state index contributed by atoms with van der Waals surface area (Å²) < 4.78 is 0. The first-order valence-corrected chi connectivity index (χ1v) is 12.4. The Kier molecular flexibility index (Phi) is 6.59.